The molecule has 108 valence electrons. The fraction of sp³-hybridized carbons (Fsp3) is 0.467. The molecule has 0 saturated carbocycles. The maximum Gasteiger partial charge on any atom is 0.328 e. The number of hydrogen-bond donors (Lipinski definition) is 0. The van der Waals surface area contributed by atoms with Crippen LogP contribution in [0.3, 0.4) is 0 Å². The van der Waals surface area contributed by atoms with Crippen LogP contribution in [-0.4, -0.2) is 14.9 Å². The van der Waals surface area contributed by atoms with E-state index in [9.17, 15) is 9.59 Å². The van der Waals surface area contributed by atoms with Crippen molar-refractivity contribution >= 4 is 32.7 Å². The third-order valence-corrected chi connectivity index (χ3v) is 4.64. The zero-order chi connectivity index (χ0) is 15.0. The second kappa shape index (κ2) is 5.56. The maximum absolute atomic E-state index is 12.6. The summed E-state index contributed by atoms with van der Waals surface area (Å²) in [6.07, 6.45) is 1.65. The Morgan fingerprint density at radius 3 is 2.15 bits per heavy atom. The highest BCUT2D eigenvalue weighted by molar-refractivity contribution is 9.10. The Balaban J connectivity index is 2.67. The summed E-state index contributed by atoms with van der Waals surface area (Å²) >= 11 is 3.47. The van der Waals surface area contributed by atoms with Gasteiger partial charge >= 0.3 is 5.69 Å². The van der Waals surface area contributed by atoms with Crippen molar-refractivity contribution in [3.05, 3.63) is 32.7 Å². The zero-order valence-electron chi connectivity index (χ0n) is 12.2. The van der Waals surface area contributed by atoms with Gasteiger partial charge in [-0.25, -0.2) is 4.79 Å². The van der Waals surface area contributed by atoms with E-state index in [4.69, 9.17) is 0 Å². The minimum atomic E-state index is -0.0842. The highest BCUT2D eigenvalue weighted by Gasteiger charge is 2.21. The van der Waals surface area contributed by atoms with Crippen molar-refractivity contribution in [2.45, 2.75) is 26.7 Å². The van der Waals surface area contributed by atoms with Crippen LogP contribution in [-0.2, 0) is 14.1 Å². The van der Waals surface area contributed by atoms with Gasteiger partial charge in [-0.2, -0.15) is 0 Å². The number of benzene rings is 1. The van der Waals surface area contributed by atoms with E-state index in [1.807, 2.05) is 26.0 Å². The van der Waals surface area contributed by atoms with Gasteiger partial charge in [-0.15, -0.1) is 0 Å². The van der Waals surface area contributed by atoms with Crippen molar-refractivity contribution in [3.63, 3.8) is 0 Å². The van der Waals surface area contributed by atoms with E-state index in [1.54, 1.807) is 23.2 Å². The molecule has 0 fully saturated rings. The Hall–Kier alpha value is -1.36. The molecular weight excluding hydrogens is 320 g/mol. The molecule has 0 aliphatic rings. The summed E-state index contributed by atoms with van der Waals surface area (Å²) in [5, 5.41) is 0. The van der Waals surface area contributed by atoms with Crippen LogP contribution in [0, 0.1) is 5.92 Å². The van der Waals surface area contributed by atoms with Crippen LogP contribution in [0.5, 0.6) is 0 Å². The Kier molecular flexibility index (Phi) is 4.18. The van der Waals surface area contributed by atoms with Crippen molar-refractivity contribution < 1.29 is 4.79 Å². The van der Waals surface area contributed by atoms with Crippen LogP contribution >= 0.6 is 15.9 Å². The number of aromatic nitrogens is 2. The number of hydrogen-bond acceptors (Lipinski definition) is 2. The molecule has 0 radical (unpaired) electrons. The predicted octanol–water partition coefficient (Wildman–Crippen LogP) is 3.26. The zero-order valence-corrected chi connectivity index (χ0v) is 13.8. The normalized spacial score (nSPS) is 11.5. The van der Waals surface area contributed by atoms with Crippen molar-refractivity contribution in [3.8, 4) is 0 Å². The van der Waals surface area contributed by atoms with Crippen molar-refractivity contribution in [1.29, 1.82) is 0 Å². The molecule has 1 aromatic carbocycles. The molecule has 0 N–H and O–H groups in total. The van der Waals surface area contributed by atoms with Gasteiger partial charge in [0.25, 0.3) is 0 Å². The summed E-state index contributed by atoms with van der Waals surface area (Å²) < 4.78 is 3.92. The monoisotopic (exact) mass is 338 g/mol. The van der Waals surface area contributed by atoms with E-state index in [1.165, 1.54) is 0 Å². The van der Waals surface area contributed by atoms with E-state index >= 15 is 0 Å². The maximum atomic E-state index is 12.6. The first-order chi connectivity index (χ1) is 9.42. The van der Waals surface area contributed by atoms with Gasteiger partial charge in [0.2, 0.25) is 0 Å². The molecule has 0 unspecified atom stereocenters. The van der Waals surface area contributed by atoms with E-state index in [0.29, 0.717) is 5.56 Å². The van der Waals surface area contributed by atoms with E-state index in [0.717, 1.165) is 28.3 Å². The van der Waals surface area contributed by atoms with Gasteiger partial charge in [0, 0.05) is 30.0 Å². The van der Waals surface area contributed by atoms with E-state index in [2.05, 4.69) is 15.9 Å². The van der Waals surface area contributed by atoms with Crippen molar-refractivity contribution in [2.75, 3.05) is 0 Å². The molecule has 1 heterocycles. The molecule has 2 rings (SSSR count). The van der Waals surface area contributed by atoms with Gasteiger partial charge in [-0.3, -0.25) is 13.9 Å². The standard InChI is InChI=1S/C15H19BrN2O2/c1-5-9(6-2)14(19)10-7-12-13(8-11(10)16)18(4)15(20)17(12)3/h7-9H,5-6H2,1-4H3. The third kappa shape index (κ3) is 2.24. The number of rotatable bonds is 4. The first kappa shape index (κ1) is 15.0. The summed E-state index contributed by atoms with van der Waals surface area (Å²) in [6, 6.07) is 3.67. The number of fused-ring (bicyclic) bond motifs is 1. The molecule has 0 atom stereocenters. The molecule has 0 bridgehead atoms. The van der Waals surface area contributed by atoms with Crippen LogP contribution < -0.4 is 5.69 Å². The Bertz CT molecular complexity index is 724. The minimum absolute atomic E-state index is 0.0319. The summed E-state index contributed by atoms with van der Waals surface area (Å²) in [5.74, 6) is 0.171. The first-order valence-corrected chi connectivity index (χ1v) is 7.60. The number of aryl methyl sites for hydroxylation is 2. The number of nitrogens with zero attached hydrogens (tertiary/aromatic N) is 2. The number of imidazole rings is 1. The smallest absolute Gasteiger partial charge is 0.295 e. The minimum Gasteiger partial charge on any atom is -0.295 e. The highest BCUT2D eigenvalue weighted by atomic mass is 79.9. The molecule has 0 saturated heterocycles. The lowest BCUT2D eigenvalue weighted by Crippen LogP contribution is -2.19. The number of ketones is 1. The lowest BCUT2D eigenvalue weighted by Gasteiger charge is -2.12. The molecule has 5 heteroatoms. The van der Waals surface area contributed by atoms with Gasteiger partial charge in [-0.1, -0.05) is 13.8 Å². The number of Topliss-reactive ketones (excluding diaryl/α,β-unsaturated/α-hetero) is 1. The largest absolute Gasteiger partial charge is 0.328 e. The lowest BCUT2D eigenvalue weighted by atomic mass is 9.93. The molecule has 4 nitrogen and oxygen atoms in total. The predicted molar refractivity (Wildman–Crippen MR) is 84.3 cm³/mol. The van der Waals surface area contributed by atoms with Gasteiger partial charge in [0.15, 0.2) is 5.78 Å². The molecule has 20 heavy (non-hydrogen) atoms. The van der Waals surface area contributed by atoms with Gasteiger partial charge < -0.3 is 0 Å². The van der Waals surface area contributed by atoms with Crippen LogP contribution in [0.2, 0.25) is 0 Å². The quantitative estimate of drug-likeness (QED) is 0.803. The summed E-state index contributed by atoms with van der Waals surface area (Å²) in [7, 11) is 3.46. The highest BCUT2D eigenvalue weighted by Crippen LogP contribution is 2.27. The van der Waals surface area contributed by atoms with Gasteiger partial charge in [0.1, 0.15) is 0 Å². The summed E-state index contributed by atoms with van der Waals surface area (Å²) in [6.45, 7) is 4.05. The van der Waals surface area contributed by atoms with Gasteiger partial charge in [-0.05, 0) is 40.9 Å². The molecule has 2 aromatic rings. The second-order valence-corrected chi connectivity index (χ2v) is 5.95. The average molecular weight is 339 g/mol. The molecule has 1 aromatic heterocycles. The van der Waals surface area contributed by atoms with E-state index in [-0.39, 0.29) is 17.4 Å². The van der Waals surface area contributed by atoms with Crippen molar-refractivity contribution in [2.24, 2.45) is 20.0 Å². The van der Waals surface area contributed by atoms with Gasteiger partial charge in [0.05, 0.1) is 11.0 Å². The fourth-order valence-electron chi connectivity index (χ4n) is 2.59. The second-order valence-electron chi connectivity index (χ2n) is 5.10. The number of halogens is 1. The third-order valence-electron chi connectivity index (χ3n) is 3.98. The fourth-order valence-corrected chi connectivity index (χ4v) is 3.11. The molecule has 0 spiro atoms. The Morgan fingerprint density at radius 2 is 1.65 bits per heavy atom. The van der Waals surface area contributed by atoms with Crippen molar-refractivity contribution in [1.82, 2.24) is 9.13 Å². The lowest BCUT2D eigenvalue weighted by molar-refractivity contribution is 0.0913. The SMILES string of the molecule is CCC(CC)C(=O)c1cc2c(cc1Br)n(C)c(=O)n2C. The molecule has 0 amide bonds. The summed E-state index contributed by atoms with van der Waals surface area (Å²) in [4.78, 5) is 24.5. The number of carbonyl (C=O) groups is 1. The van der Waals surface area contributed by atoms with Crippen LogP contribution in [0.15, 0.2) is 21.4 Å². The molecular formula is C15H19BrN2O2. The number of carbonyl (C=O) groups excluding carboxylic acids is 1. The topological polar surface area (TPSA) is 44.0 Å². The summed E-state index contributed by atoms with van der Waals surface area (Å²) in [5.41, 5.74) is 2.19. The van der Waals surface area contributed by atoms with E-state index < -0.39 is 0 Å². The van der Waals surface area contributed by atoms with Crippen LogP contribution in [0.1, 0.15) is 37.0 Å². The first-order valence-electron chi connectivity index (χ1n) is 6.81. The molecule has 0 aliphatic carbocycles. The Morgan fingerprint density at radius 1 is 1.15 bits per heavy atom. The Labute approximate surface area is 126 Å². The average Bonchev–Trinajstić information content (AvgIpc) is 2.64. The van der Waals surface area contributed by atoms with Crippen LogP contribution in [0.25, 0.3) is 11.0 Å². The van der Waals surface area contributed by atoms with Crippen LogP contribution in [0.4, 0.5) is 0 Å². The molecule has 0 aliphatic heterocycles.